The molecular weight excluding hydrogens is 116 g/mol. The lowest BCUT2D eigenvalue weighted by Gasteiger charge is -2.06. The molecule has 0 saturated heterocycles. The highest BCUT2D eigenvalue weighted by molar-refractivity contribution is 5.75. The van der Waals surface area contributed by atoms with Crippen molar-refractivity contribution in [3.8, 4) is 0 Å². The summed E-state index contributed by atoms with van der Waals surface area (Å²) < 4.78 is 0. The molecule has 0 amide bonds. The monoisotopic (exact) mass is 130 g/mol. The fourth-order valence-corrected chi connectivity index (χ4v) is 0.745. The van der Waals surface area contributed by atoms with Gasteiger partial charge < -0.3 is 9.90 Å². The summed E-state index contributed by atoms with van der Waals surface area (Å²) in [5.41, 5.74) is 0. The minimum atomic E-state index is 0.135. The first-order valence-corrected chi connectivity index (χ1v) is 3.31. The Morgan fingerprint density at radius 1 is 1.67 bits per heavy atom. The summed E-state index contributed by atoms with van der Waals surface area (Å²) >= 11 is 0. The predicted octanol–water partition coefficient (Wildman–Crippen LogP) is 0.984. The Balaban J connectivity index is 3.43. The molecule has 0 spiro atoms. The highest BCUT2D eigenvalue weighted by atomic mass is 16.3. The van der Waals surface area contributed by atoms with E-state index in [1.165, 1.54) is 0 Å². The number of aliphatic hydroxyl groups is 1. The topological polar surface area (TPSA) is 37.3 Å². The van der Waals surface area contributed by atoms with Crippen molar-refractivity contribution in [2.24, 2.45) is 5.92 Å². The second kappa shape index (κ2) is 4.50. The molecule has 2 nitrogen and oxygen atoms in total. The number of carbonyl (C=O) groups is 1. The molecule has 0 aromatic heterocycles. The van der Waals surface area contributed by atoms with E-state index in [1.807, 2.05) is 6.92 Å². The van der Waals surface area contributed by atoms with Gasteiger partial charge >= 0.3 is 0 Å². The van der Waals surface area contributed by atoms with E-state index < -0.39 is 0 Å². The Morgan fingerprint density at radius 3 is 2.33 bits per heavy atom. The van der Waals surface area contributed by atoms with Crippen molar-refractivity contribution >= 4 is 5.78 Å². The highest BCUT2D eigenvalue weighted by Gasteiger charge is 2.05. The summed E-state index contributed by atoms with van der Waals surface area (Å²) in [6, 6.07) is 0. The van der Waals surface area contributed by atoms with Crippen LogP contribution in [0.3, 0.4) is 0 Å². The van der Waals surface area contributed by atoms with Crippen molar-refractivity contribution in [3.05, 3.63) is 0 Å². The minimum Gasteiger partial charge on any atom is -0.396 e. The molecule has 2 heteroatoms. The molecule has 0 fully saturated rings. The van der Waals surface area contributed by atoms with E-state index in [0.717, 1.165) is 6.42 Å². The van der Waals surface area contributed by atoms with Crippen LogP contribution in [0.4, 0.5) is 0 Å². The van der Waals surface area contributed by atoms with Crippen LogP contribution in [0.25, 0.3) is 0 Å². The maximum absolute atomic E-state index is 10.5. The van der Waals surface area contributed by atoms with Crippen LogP contribution in [0, 0.1) is 5.92 Å². The lowest BCUT2D eigenvalue weighted by Crippen LogP contribution is -2.08. The van der Waals surface area contributed by atoms with Crippen LogP contribution in [0.5, 0.6) is 0 Å². The van der Waals surface area contributed by atoms with Crippen molar-refractivity contribution in [3.63, 3.8) is 0 Å². The average Bonchev–Trinajstić information content (AvgIpc) is 1.82. The van der Waals surface area contributed by atoms with E-state index in [2.05, 4.69) is 0 Å². The van der Waals surface area contributed by atoms with Gasteiger partial charge in [0.1, 0.15) is 5.78 Å². The number of aliphatic hydroxyl groups excluding tert-OH is 1. The second-order valence-electron chi connectivity index (χ2n) is 2.36. The Bertz CT molecular complexity index is 84.9. The van der Waals surface area contributed by atoms with Gasteiger partial charge in [0, 0.05) is 13.0 Å². The molecule has 54 valence electrons. The number of rotatable bonds is 4. The summed E-state index contributed by atoms with van der Waals surface area (Å²) in [5.74, 6) is 0.346. The second-order valence-corrected chi connectivity index (χ2v) is 2.36. The molecule has 0 aliphatic rings. The van der Waals surface area contributed by atoms with Gasteiger partial charge in [-0.1, -0.05) is 13.3 Å². The number of hydrogen-bond acceptors (Lipinski definition) is 2. The van der Waals surface area contributed by atoms with Crippen LogP contribution in [-0.2, 0) is 4.79 Å². The van der Waals surface area contributed by atoms with E-state index in [-0.39, 0.29) is 18.3 Å². The van der Waals surface area contributed by atoms with Gasteiger partial charge in [-0.25, -0.2) is 0 Å². The Hall–Kier alpha value is -0.370. The summed E-state index contributed by atoms with van der Waals surface area (Å²) in [4.78, 5) is 10.5. The van der Waals surface area contributed by atoms with Crippen LogP contribution in [-0.4, -0.2) is 17.5 Å². The molecule has 0 saturated carbocycles. The lowest BCUT2D eigenvalue weighted by molar-refractivity contribution is -0.118. The number of carbonyl (C=O) groups excluding carboxylic acids is 1. The first kappa shape index (κ1) is 8.63. The number of hydrogen-bond donors (Lipinski definition) is 1. The zero-order valence-corrected chi connectivity index (χ0v) is 6.05. The SMILES string of the molecule is CCC(CO)CC(C)=O. The van der Waals surface area contributed by atoms with Crippen molar-refractivity contribution in [2.75, 3.05) is 6.61 Å². The van der Waals surface area contributed by atoms with Gasteiger partial charge in [0.05, 0.1) is 0 Å². The number of Topliss-reactive ketones (excluding diaryl/α,β-unsaturated/α-hetero) is 1. The molecule has 1 unspecified atom stereocenters. The molecule has 0 rings (SSSR count). The molecular formula is C7H14O2. The summed E-state index contributed by atoms with van der Waals surface area (Å²) in [5, 5.41) is 8.62. The molecule has 9 heavy (non-hydrogen) atoms. The van der Waals surface area contributed by atoms with E-state index in [0.29, 0.717) is 6.42 Å². The first-order chi connectivity index (χ1) is 4.20. The summed E-state index contributed by atoms with van der Waals surface area (Å²) in [6.07, 6.45) is 1.41. The van der Waals surface area contributed by atoms with Gasteiger partial charge in [0.25, 0.3) is 0 Å². The van der Waals surface area contributed by atoms with Gasteiger partial charge in [-0.05, 0) is 12.8 Å². The molecule has 0 radical (unpaired) electrons. The van der Waals surface area contributed by atoms with Crippen LogP contribution >= 0.6 is 0 Å². The Kier molecular flexibility index (Phi) is 4.32. The van der Waals surface area contributed by atoms with Gasteiger partial charge in [0.15, 0.2) is 0 Å². The molecule has 1 N–H and O–H groups in total. The standard InChI is InChI=1S/C7H14O2/c1-3-7(5-8)4-6(2)9/h7-8H,3-5H2,1-2H3. The van der Waals surface area contributed by atoms with E-state index in [9.17, 15) is 4.79 Å². The maximum Gasteiger partial charge on any atom is 0.130 e. The highest BCUT2D eigenvalue weighted by Crippen LogP contribution is 2.06. The zero-order valence-electron chi connectivity index (χ0n) is 6.05. The van der Waals surface area contributed by atoms with Crippen molar-refractivity contribution < 1.29 is 9.90 Å². The zero-order chi connectivity index (χ0) is 7.28. The minimum absolute atomic E-state index is 0.135. The molecule has 0 aromatic carbocycles. The Labute approximate surface area is 55.9 Å². The third kappa shape index (κ3) is 4.15. The van der Waals surface area contributed by atoms with Gasteiger partial charge in [-0.15, -0.1) is 0 Å². The molecule has 1 atom stereocenters. The van der Waals surface area contributed by atoms with Crippen molar-refractivity contribution in [1.29, 1.82) is 0 Å². The smallest absolute Gasteiger partial charge is 0.130 e. The summed E-state index contributed by atoms with van der Waals surface area (Å²) in [6.45, 7) is 3.66. The number of ketones is 1. The predicted molar refractivity (Wildman–Crippen MR) is 36.2 cm³/mol. The third-order valence-corrected chi connectivity index (χ3v) is 1.41. The Morgan fingerprint density at radius 2 is 2.22 bits per heavy atom. The van der Waals surface area contributed by atoms with Crippen LogP contribution in [0.2, 0.25) is 0 Å². The van der Waals surface area contributed by atoms with E-state index in [1.54, 1.807) is 6.92 Å². The fraction of sp³-hybridized carbons (Fsp3) is 0.857. The largest absolute Gasteiger partial charge is 0.396 e. The van der Waals surface area contributed by atoms with Gasteiger partial charge in [-0.3, -0.25) is 0 Å². The van der Waals surface area contributed by atoms with Crippen molar-refractivity contribution in [1.82, 2.24) is 0 Å². The van der Waals surface area contributed by atoms with E-state index in [4.69, 9.17) is 5.11 Å². The van der Waals surface area contributed by atoms with Crippen molar-refractivity contribution in [2.45, 2.75) is 26.7 Å². The van der Waals surface area contributed by atoms with Gasteiger partial charge in [0.2, 0.25) is 0 Å². The molecule has 0 heterocycles. The average molecular weight is 130 g/mol. The molecule has 0 aliphatic carbocycles. The molecule has 0 aromatic rings. The first-order valence-electron chi connectivity index (χ1n) is 3.31. The molecule has 0 aliphatic heterocycles. The quantitative estimate of drug-likeness (QED) is 0.616. The van der Waals surface area contributed by atoms with Gasteiger partial charge in [-0.2, -0.15) is 0 Å². The third-order valence-electron chi connectivity index (χ3n) is 1.41. The van der Waals surface area contributed by atoms with Crippen LogP contribution in [0.1, 0.15) is 26.7 Å². The van der Waals surface area contributed by atoms with Crippen LogP contribution in [0.15, 0.2) is 0 Å². The maximum atomic E-state index is 10.5. The fourth-order valence-electron chi connectivity index (χ4n) is 0.745. The normalized spacial score (nSPS) is 13.2. The lowest BCUT2D eigenvalue weighted by atomic mass is 10.0. The van der Waals surface area contributed by atoms with Crippen LogP contribution < -0.4 is 0 Å². The van der Waals surface area contributed by atoms with E-state index >= 15 is 0 Å². The molecule has 0 bridgehead atoms. The summed E-state index contributed by atoms with van der Waals surface area (Å²) in [7, 11) is 0.